The lowest BCUT2D eigenvalue weighted by atomic mass is 9.90. The fourth-order valence-corrected chi connectivity index (χ4v) is 2.84. The summed E-state index contributed by atoms with van der Waals surface area (Å²) in [5, 5.41) is 0.593. The van der Waals surface area contributed by atoms with E-state index in [-0.39, 0.29) is 11.9 Å². The zero-order valence-electron chi connectivity index (χ0n) is 10.6. The molecule has 1 aromatic carbocycles. The number of carbonyl (C=O) groups is 1. The average molecular weight is 267 g/mol. The van der Waals surface area contributed by atoms with Crippen LogP contribution in [0.15, 0.2) is 24.3 Å². The summed E-state index contributed by atoms with van der Waals surface area (Å²) in [6, 6.07) is 7.25. The van der Waals surface area contributed by atoms with E-state index in [1.165, 1.54) is 0 Å². The SMILES string of the molecule is CC1CCCN(C(=O)c2cccc(Cl)c2)C1CN. The fourth-order valence-electron chi connectivity index (χ4n) is 2.65. The summed E-state index contributed by atoms with van der Waals surface area (Å²) in [5.74, 6) is 0.506. The molecule has 4 heteroatoms. The van der Waals surface area contributed by atoms with E-state index in [9.17, 15) is 4.79 Å². The molecule has 2 rings (SSSR count). The van der Waals surface area contributed by atoms with Crippen LogP contribution in [0.2, 0.25) is 5.02 Å². The topological polar surface area (TPSA) is 46.3 Å². The van der Waals surface area contributed by atoms with E-state index in [0.29, 0.717) is 23.0 Å². The van der Waals surface area contributed by atoms with E-state index < -0.39 is 0 Å². The largest absolute Gasteiger partial charge is 0.334 e. The highest BCUT2D eigenvalue weighted by molar-refractivity contribution is 6.30. The molecule has 1 aliphatic rings. The summed E-state index contributed by atoms with van der Waals surface area (Å²) in [7, 11) is 0. The normalized spacial score (nSPS) is 24.1. The van der Waals surface area contributed by atoms with E-state index in [1.54, 1.807) is 24.3 Å². The fraction of sp³-hybridized carbons (Fsp3) is 0.500. The quantitative estimate of drug-likeness (QED) is 0.894. The second-order valence-corrected chi connectivity index (χ2v) is 5.37. The van der Waals surface area contributed by atoms with Crippen molar-refractivity contribution in [2.75, 3.05) is 13.1 Å². The molecule has 1 fully saturated rings. The Labute approximate surface area is 113 Å². The van der Waals surface area contributed by atoms with Gasteiger partial charge in [0, 0.05) is 29.7 Å². The van der Waals surface area contributed by atoms with E-state index in [4.69, 9.17) is 17.3 Å². The van der Waals surface area contributed by atoms with Crippen LogP contribution in [0, 0.1) is 5.92 Å². The minimum absolute atomic E-state index is 0.0412. The van der Waals surface area contributed by atoms with Gasteiger partial charge in [-0.05, 0) is 37.0 Å². The van der Waals surface area contributed by atoms with Crippen molar-refractivity contribution in [2.24, 2.45) is 11.7 Å². The van der Waals surface area contributed by atoms with Crippen molar-refractivity contribution in [3.05, 3.63) is 34.9 Å². The number of likely N-dealkylation sites (tertiary alicyclic amines) is 1. The van der Waals surface area contributed by atoms with E-state index >= 15 is 0 Å². The summed E-state index contributed by atoms with van der Waals surface area (Å²) in [6.45, 7) is 3.47. The van der Waals surface area contributed by atoms with Gasteiger partial charge in [0.1, 0.15) is 0 Å². The first-order chi connectivity index (χ1) is 8.63. The van der Waals surface area contributed by atoms with Gasteiger partial charge in [0.15, 0.2) is 0 Å². The molecule has 3 nitrogen and oxygen atoms in total. The summed E-state index contributed by atoms with van der Waals surface area (Å²) < 4.78 is 0. The van der Waals surface area contributed by atoms with E-state index in [0.717, 1.165) is 19.4 Å². The maximum absolute atomic E-state index is 12.5. The number of carbonyl (C=O) groups excluding carboxylic acids is 1. The van der Waals surface area contributed by atoms with Gasteiger partial charge in [0.2, 0.25) is 0 Å². The number of hydrogen-bond donors (Lipinski definition) is 1. The highest BCUT2D eigenvalue weighted by Crippen LogP contribution is 2.24. The highest BCUT2D eigenvalue weighted by atomic mass is 35.5. The molecule has 0 radical (unpaired) electrons. The Hall–Kier alpha value is -1.06. The lowest BCUT2D eigenvalue weighted by molar-refractivity contribution is 0.0532. The second-order valence-electron chi connectivity index (χ2n) is 4.93. The predicted octanol–water partition coefficient (Wildman–Crippen LogP) is 2.54. The number of hydrogen-bond acceptors (Lipinski definition) is 2. The minimum atomic E-state index is 0.0412. The first-order valence-electron chi connectivity index (χ1n) is 6.40. The smallest absolute Gasteiger partial charge is 0.254 e. The lowest BCUT2D eigenvalue weighted by Gasteiger charge is -2.39. The van der Waals surface area contributed by atoms with Crippen LogP contribution in [0.5, 0.6) is 0 Å². The van der Waals surface area contributed by atoms with Crippen molar-refractivity contribution in [2.45, 2.75) is 25.8 Å². The van der Waals surface area contributed by atoms with Gasteiger partial charge in [0.05, 0.1) is 0 Å². The molecular formula is C14H19ClN2O. The van der Waals surface area contributed by atoms with Gasteiger partial charge in [-0.2, -0.15) is 0 Å². The highest BCUT2D eigenvalue weighted by Gasteiger charge is 2.31. The zero-order chi connectivity index (χ0) is 13.1. The van der Waals surface area contributed by atoms with Crippen molar-refractivity contribution in [1.82, 2.24) is 4.90 Å². The van der Waals surface area contributed by atoms with E-state index in [1.807, 2.05) is 4.90 Å². The van der Waals surface area contributed by atoms with Crippen LogP contribution in [0.1, 0.15) is 30.1 Å². The Bertz CT molecular complexity index is 436. The number of benzene rings is 1. The molecule has 0 aromatic heterocycles. The monoisotopic (exact) mass is 266 g/mol. The van der Waals surface area contributed by atoms with Crippen molar-refractivity contribution >= 4 is 17.5 Å². The third-order valence-corrected chi connectivity index (χ3v) is 3.92. The Kier molecular flexibility index (Phi) is 4.25. The standard InChI is InChI=1S/C14H19ClN2O/c1-10-4-3-7-17(13(10)9-16)14(18)11-5-2-6-12(15)8-11/h2,5-6,8,10,13H,3-4,7,9,16H2,1H3. The molecular weight excluding hydrogens is 248 g/mol. The molecule has 2 unspecified atom stereocenters. The van der Waals surface area contributed by atoms with Crippen molar-refractivity contribution in [1.29, 1.82) is 0 Å². The van der Waals surface area contributed by atoms with Gasteiger partial charge in [-0.1, -0.05) is 24.6 Å². The lowest BCUT2D eigenvalue weighted by Crippen LogP contribution is -2.51. The van der Waals surface area contributed by atoms with Crippen LogP contribution in [0.4, 0.5) is 0 Å². The molecule has 18 heavy (non-hydrogen) atoms. The third kappa shape index (κ3) is 2.68. The predicted molar refractivity (Wildman–Crippen MR) is 73.7 cm³/mol. The summed E-state index contributed by atoms with van der Waals surface area (Å²) in [5.41, 5.74) is 6.46. The summed E-state index contributed by atoms with van der Waals surface area (Å²) >= 11 is 5.93. The van der Waals surface area contributed by atoms with Crippen molar-refractivity contribution in [3.8, 4) is 0 Å². The van der Waals surface area contributed by atoms with Gasteiger partial charge < -0.3 is 10.6 Å². The van der Waals surface area contributed by atoms with Gasteiger partial charge in [-0.25, -0.2) is 0 Å². The molecule has 1 heterocycles. The maximum atomic E-state index is 12.5. The molecule has 1 amide bonds. The van der Waals surface area contributed by atoms with Gasteiger partial charge in [0.25, 0.3) is 5.91 Å². The molecule has 0 saturated carbocycles. The number of halogens is 1. The molecule has 98 valence electrons. The van der Waals surface area contributed by atoms with Crippen LogP contribution >= 0.6 is 11.6 Å². The number of nitrogens with zero attached hydrogens (tertiary/aromatic N) is 1. The van der Waals surface area contributed by atoms with Crippen LogP contribution in [-0.2, 0) is 0 Å². The van der Waals surface area contributed by atoms with Crippen LogP contribution in [0.25, 0.3) is 0 Å². The molecule has 1 aromatic rings. The Morgan fingerprint density at radius 1 is 1.56 bits per heavy atom. The molecule has 0 bridgehead atoms. The maximum Gasteiger partial charge on any atom is 0.254 e. The molecule has 2 N–H and O–H groups in total. The average Bonchev–Trinajstić information content (AvgIpc) is 2.37. The van der Waals surface area contributed by atoms with Crippen LogP contribution in [0.3, 0.4) is 0 Å². The van der Waals surface area contributed by atoms with E-state index in [2.05, 4.69) is 6.92 Å². The number of piperidine rings is 1. The van der Waals surface area contributed by atoms with Crippen LogP contribution in [-0.4, -0.2) is 29.9 Å². The first kappa shape index (κ1) is 13.4. The molecule has 1 saturated heterocycles. The number of nitrogens with two attached hydrogens (primary N) is 1. The Morgan fingerprint density at radius 2 is 2.33 bits per heavy atom. The van der Waals surface area contributed by atoms with Gasteiger partial charge >= 0.3 is 0 Å². The Morgan fingerprint density at radius 3 is 3.00 bits per heavy atom. The molecule has 2 atom stereocenters. The van der Waals surface area contributed by atoms with Crippen LogP contribution < -0.4 is 5.73 Å². The summed E-state index contributed by atoms with van der Waals surface area (Å²) in [4.78, 5) is 14.4. The third-order valence-electron chi connectivity index (χ3n) is 3.69. The Balaban J connectivity index is 2.21. The number of amides is 1. The minimum Gasteiger partial charge on any atom is -0.334 e. The van der Waals surface area contributed by atoms with Crippen molar-refractivity contribution in [3.63, 3.8) is 0 Å². The molecule has 1 aliphatic heterocycles. The first-order valence-corrected chi connectivity index (χ1v) is 6.78. The molecule has 0 aliphatic carbocycles. The number of rotatable bonds is 2. The summed E-state index contributed by atoms with van der Waals surface area (Å²) in [6.07, 6.45) is 2.19. The van der Waals surface area contributed by atoms with Gasteiger partial charge in [-0.3, -0.25) is 4.79 Å². The zero-order valence-corrected chi connectivity index (χ0v) is 11.4. The molecule has 0 spiro atoms. The van der Waals surface area contributed by atoms with Crippen molar-refractivity contribution < 1.29 is 4.79 Å². The van der Waals surface area contributed by atoms with Gasteiger partial charge in [-0.15, -0.1) is 0 Å². The second kappa shape index (κ2) is 5.72.